The Kier molecular flexibility index (Phi) is 6.76. The van der Waals surface area contributed by atoms with Crippen molar-refractivity contribution >= 4 is 18.4 Å². The summed E-state index contributed by atoms with van der Waals surface area (Å²) >= 11 is 0. The molecule has 5 heteroatoms. The van der Waals surface area contributed by atoms with Gasteiger partial charge in [0, 0.05) is 0 Å². The highest BCUT2D eigenvalue weighted by Gasteiger charge is 2.19. The van der Waals surface area contributed by atoms with Gasteiger partial charge in [0.2, 0.25) is 0 Å². The molecule has 62 valence electrons. The van der Waals surface area contributed by atoms with E-state index in [4.69, 9.17) is 15.9 Å². The molecule has 4 nitrogen and oxygen atoms in total. The molecule has 2 atom stereocenters. The minimum atomic E-state index is -1.16. The van der Waals surface area contributed by atoms with Crippen LogP contribution in [0, 0.1) is 0 Å². The highest BCUT2D eigenvalue weighted by atomic mass is 35.5. The molecule has 0 rings (SSSR count). The molecule has 0 aromatic carbocycles. The van der Waals surface area contributed by atoms with Crippen LogP contribution < -0.4 is 5.73 Å². The number of hydrogen-bond donors (Lipinski definition) is 3. The number of aliphatic hydroxyl groups excluding tert-OH is 1. The zero-order valence-electron chi connectivity index (χ0n) is 5.65. The van der Waals surface area contributed by atoms with Crippen molar-refractivity contribution in [1.82, 2.24) is 0 Å². The van der Waals surface area contributed by atoms with Gasteiger partial charge in [-0.3, -0.25) is 4.79 Å². The molecular weight excluding hydrogens is 158 g/mol. The van der Waals surface area contributed by atoms with Gasteiger partial charge in [0.15, 0.2) is 0 Å². The fourth-order valence-corrected chi connectivity index (χ4v) is 0.419. The van der Waals surface area contributed by atoms with Gasteiger partial charge in [0.25, 0.3) is 0 Å². The molecular formula is C5H12ClNO3. The van der Waals surface area contributed by atoms with E-state index in [9.17, 15) is 4.79 Å². The third kappa shape index (κ3) is 3.66. The predicted octanol–water partition coefficient (Wildman–Crippen LogP) is -0.409. The van der Waals surface area contributed by atoms with E-state index in [1.54, 1.807) is 6.92 Å². The summed E-state index contributed by atoms with van der Waals surface area (Å²) in [6, 6.07) is -1.14. The Bertz CT molecular complexity index is 109. The van der Waals surface area contributed by atoms with Crippen LogP contribution in [0.4, 0.5) is 0 Å². The summed E-state index contributed by atoms with van der Waals surface area (Å²) in [5.41, 5.74) is 5.02. The first-order chi connectivity index (χ1) is 4.09. The molecule has 0 bridgehead atoms. The Morgan fingerprint density at radius 3 is 2.20 bits per heavy atom. The van der Waals surface area contributed by atoms with E-state index < -0.39 is 18.1 Å². The van der Waals surface area contributed by atoms with Crippen LogP contribution in [0.15, 0.2) is 0 Å². The zero-order chi connectivity index (χ0) is 7.44. The molecule has 0 amide bonds. The fraction of sp³-hybridized carbons (Fsp3) is 0.800. The number of carboxylic acid groups (broad SMARTS) is 1. The summed E-state index contributed by atoms with van der Waals surface area (Å²) in [4.78, 5) is 10.0. The maximum atomic E-state index is 10.0. The van der Waals surface area contributed by atoms with Crippen LogP contribution in [0.1, 0.15) is 13.3 Å². The van der Waals surface area contributed by atoms with E-state index in [-0.39, 0.29) is 12.4 Å². The van der Waals surface area contributed by atoms with Crippen LogP contribution in [0.5, 0.6) is 0 Å². The second kappa shape index (κ2) is 5.46. The van der Waals surface area contributed by atoms with Crippen molar-refractivity contribution in [2.45, 2.75) is 25.5 Å². The first kappa shape index (κ1) is 12.4. The number of aliphatic hydroxyl groups is 1. The monoisotopic (exact) mass is 169 g/mol. The summed E-state index contributed by atoms with van der Waals surface area (Å²) < 4.78 is 0. The van der Waals surface area contributed by atoms with Crippen LogP contribution in [-0.2, 0) is 4.79 Å². The van der Waals surface area contributed by atoms with Crippen molar-refractivity contribution in [2.24, 2.45) is 5.73 Å². The van der Waals surface area contributed by atoms with Crippen LogP contribution >= 0.6 is 12.4 Å². The molecule has 4 N–H and O–H groups in total. The summed E-state index contributed by atoms with van der Waals surface area (Å²) in [6.45, 7) is 1.67. The molecule has 0 heterocycles. The second-order valence-corrected chi connectivity index (χ2v) is 1.84. The first-order valence-corrected chi connectivity index (χ1v) is 2.76. The zero-order valence-corrected chi connectivity index (χ0v) is 6.47. The Morgan fingerprint density at radius 2 is 2.10 bits per heavy atom. The van der Waals surface area contributed by atoms with E-state index in [1.807, 2.05) is 0 Å². The van der Waals surface area contributed by atoms with Crippen molar-refractivity contribution in [3.63, 3.8) is 0 Å². The summed E-state index contributed by atoms with van der Waals surface area (Å²) in [5, 5.41) is 17.0. The molecule has 10 heavy (non-hydrogen) atoms. The number of hydrogen-bond acceptors (Lipinski definition) is 3. The van der Waals surface area contributed by atoms with Gasteiger partial charge < -0.3 is 15.9 Å². The van der Waals surface area contributed by atoms with Crippen LogP contribution in [0.3, 0.4) is 0 Å². The van der Waals surface area contributed by atoms with Gasteiger partial charge in [-0.25, -0.2) is 0 Å². The number of carbonyl (C=O) groups is 1. The molecule has 0 saturated carbocycles. The van der Waals surface area contributed by atoms with Gasteiger partial charge >= 0.3 is 5.97 Å². The summed E-state index contributed by atoms with van der Waals surface area (Å²) in [5.74, 6) is -1.16. The number of aliphatic carboxylic acids is 1. The molecule has 0 spiro atoms. The van der Waals surface area contributed by atoms with Crippen molar-refractivity contribution < 1.29 is 15.0 Å². The van der Waals surface area contributed by atoms with Crippen LogP contribution in [0.2, 0.25) is 0 Å². The van der Waals surface area contributed by atoms with E-state index in [2.05, 4.69) is 0 Å². The van der Waals surface area contributed by atoms with Crippen molar-refractivity contribution in [3.05, 3.63) is 0 Å². The Balaban J connectivity index is 0. The largest absolute Gasteiger partial charge is 0.480 e. The molecule has 0 saturated heterocycles. The lowest BCUT2D eigenvalue weighted by molar-refractivity contribution is -0.141. The van der Waals surface area contributed by atoms with Gasteiger partial charge in [-0.15, -0.1) is 12.4 Å². The van der Waals surface area contributed by atoms with Gasteiger partial charge in [-0.05, 0) is 6.42 Å². The minimum absolute atomic E-state index is 0. The van der Waals surface area contributed by atoms with E-state index in [0.29, 0.717) is 6.42 Å². The molecule has 0 aliphatic heterocycles. The standard InChI is InChI=1S/C5H11NO3.ClH/c1-2-3(7)4(6)5(8)9;/h3-4,7H,2,6H2,1H3,(H,8,9);1H/t3-,4+;/m0./s1. The van der Waals surface area contributed by atoms with E-state index >= 15 is 0 Å². The maximum Gasteiger partial charge on any atom is 0.323 e. The normalized spacial score (nSPS) is 15.1. The molecule has 0 unspecified atom stereocenters. The molecule has 0 aliphatic rings. The van der Waals surface area contributed by atoms with Crippen molar-refractivity contribution in [1.29, 1.82) is 0 Å². The predicted molar refractivity (Wildman–Crippen MR) is 39.2 cm³/mol. The Labute approximate surface area is 65.4 Å². The lowest BCUT2D eigenvalue weighted by atomic mass is 10.1. The Hall–Kier alpha value is -0.320. The third-order valence-electron chi connectivity index (χ3n) is 1.12. The quantitative estimate of drug-likeness (QED) is 0.537. The number of carboxylic acids is 1. The van der Waals surface area contributed by atoms with Gasteiger partial charge in [-0.2, -0.15) is 0 Å². The number of halogens is 1. The van der Waals surface area contributed by atoms with Crippen LogP contribution in [-0.4, -0.2) is 28.3 Å². The smallest absolute Gasteiger partial charge is 0.323 e. The molecule has 0 fully saturated rings. The average molecular weight is 170 g/mol. The van der Waals surface area contributed by atoms with Crippen LogP contribution in [0.25, 0.3) is 0 Å². The number of nitrogens with two attached hydrogens (primary N) is 1. The summed E-state index contributed by atoms with van der Waals surface area (Å²) in [7, 11) is 0. The second-order valence-electron chi connectivity index (χ2n) is 1.84. The molecule has 0 radical (unpaired) electrons. The van der Waals surface area contributed by atoms with Crippen molar-refractivity contribution in [2.75, 3.05) is 0 Å². The molecule has 0 aromatic heterocycles. The average Bonchev–Trinajstić information content (AvgIpc) is 1.84. The highest BCUT2D eigenvalue weighted by Crippen LogP contribution is 1.94. The minimum Gasteiger partial charge on any atom is -0.480 e. The number of rotatable bonds is 3. The van der Waals surface area contributed by atoms with Gasteiger partial charge in [0.1, 0.15) is 6.04 Å². The van der Waals surface area contributed by atoms with Gasteiger partial charge in [0.05, 0.1) is 6.10 Å². The molecule has 0 aliphatic carbocycles. The fourth-order valence-electron chi connectivity index (χ4n) is 0.419. The topological polar surface area (TPSA) is 83.5 Å². The van der Waals surface area contributed by atoms with Gasteiger partial charge in [-0.1, -0.05) is 6.92 Å². The van der Waals surface area contributed by atoms with Crippen molar-refractivity contribution in [3.8, 4) is 0 Å². The summed E-state index contributed by atoms with van der Waals surface area (Å²) in [6.07, 6.45) is -0.560. The lowest BCUT2D eigenvalue weighted by Gasteiger charge is -2.10. The first-order valence-electron chi connectivity index (χ1n) is 2.76. The van der Waals surface area contributed by atoms with E-state index in [0.717, 1.165) is 0 Å². The SMILES string of the molecule is CC[C@H](O)[C@@H](N)C(=O)O.Cl. The lowest BCUT2D eigenvalue weighted by Crippen LogP contribution is -2.41. The van der Waals surface area contributed by atoms with E-state index in [1.165, 1.54) is 0 Å². The highest BCUT2D eigenvalue weighted by molar-refractivity contribution is 5.85. The maximum absolute atomic E-state index is 10.0. The molecule has 0 aromatic rings. The third-order valence-corrected chi connectivity index (χ3v) is 1.12. The Morgan fingerprint density at radius 1 is 1.70 bits per heavy atom.